The molecular weight excluding hydrogens is 334 g/mol. The van der Waals surface area contributed by atoms with Crippen molar-refractivity contribution in [3.05, 3.63) is 58.0 Å². The Hall–Kier alpha value is -2.51. The summed E-state index contributed by atoms with van der Waals surface area (Å²) in [5.74, 6) is 0.464. The molecule has 8 heteroatoms. The SMILES string of the molecule is COc1ccc(Cl)cc1NC(=O)NCC(O)Cn1ccccc1=O. The summed E-state index contributed by atoms with van der Waals surface area (Å²) in [7, 11) is 1.48. The van der Waals surface area contributed by atoms with Crippen LogP contribution in [0.25, 0.3) is 0 Å². The van der Waals surface area contributed by atoms with Crippen molar-refractivity contribution in [3.8, 4) is 5.75 Å². The van der Waals surface area contributed by atoms with E-state index in [2.05, 4.69) is 10.6 Å². The Bertz CT molecular complexity index is 763. The zero-order valence-corrected chi connectivity index (χ0v) is 13.8. The zero-order valence-electron chi connectivity index (χ0n) is 13.0. The topological polar surface area (TPSA) is 92.6 Å². The van der Waals surface area contributed by atoms with Crippen LogP contribution in [0.5, 0.6) is 5.75 Å². The molecule has 0 aliphatic carbocycles. The highest BCUT2D eigenvalue weighted by Gasteiger charge is 2.11. The molecule has 2 rings (SSSR count). The number of aliphatic hydroxyl groups excluding tert-OH is 1. The first-order chi connectivity index (χ1) is 11.5. The molecule has 3 N–H and O–H groups in total. The Labute approximate surface area is 143 Å². The maximum atomic E-state index is 11.9. The number of nitrogens with zero attached hydrogens (tertiary/aromatic N) is 1. The van der Waals surface area contributed by atoms with Gasteiger partial charge in [0.1, 0.15) is 5.75 Å². The maximum absolute atomic E-state index is 11.9. The van der Waals surface area contributed by atoms with Crippen molar-refractivity contribution in [3.63, 3.8) is 0 Å². The first-order valence-corrected chi connectivity index (χ1v) is 7.59. The Balaban J connectivity index is 1.88. The summed E-state index contributed by atoms with van der Waals surface area (Å²) in [6.45, 7) is 0.0660. The molecule has 1 aromatic carbocycles. The number of hydrogen-bond donors (Lipinski definition) is 3. The standard InChI is InChI=1S/C16H18ClN3O4/c1-24-14-6-5-11(17)8-13(14)19-16(23)18-9-12(21)10-20-7-3-2-4-15(20)22/h2-8,12,21H,9-10H2,1H3,(H2,18,19,23). The number of nitrogens with one attached hydrogen (secondary N) is 2. The van der Waals surface area contributed by atoms with E-state index in [1.165, 1.54) is 17.7 Å². The molecule has 0 spiro atoms. The van der Waals surface area contributed by atoms with Crippen molar-refractivity contribution in [2.24, 2.45) is 0 Å². The van der Waals surface area contributed by atoms with Gasteiger partial charge >= 0.3 is 6.03 Å². The van der Waals surface area contributed by atoms with E-state index in [9.17, 15) is 14.7 Å². The second-order valence-corrected chi connectivity index (χ2v) is 5.46. The summed E-state index contributed by atoms with van der Waals surface area (Å²) in [4.78, 5) is 23.5. The highest BCUT2D eigenvalue weighted by molar-refractivity contribution is 6.31. The van der Waals surface area contributed by atoms with Gasteiger partial charge < -0.3 is 25.0 Å². The van der Waals surface area contributed by atoms with E-state index >= 15 is 0 Å². The van der Waals surface area contributed by atoms with Crippen molar-refractivity contribution in [1.82, 2.24) is 9.88 Å². The van der Waals surface area contributed by atoms with E-state index in [0.29, 0.717) is 16.5 Å². The molecule has 0 saturated heterocycles. The third-order valence-corrected chi connectivity index (χ3v) is 3.45. The number of ether oxygens (including phenoxy) is 1. The van der Waals surface area contributed by atoms with Gasteiger partial charge in [0.05, 0.1) is 25.4 Å². The highest BCUT2D eigenvalue weighted by atomic mass is 35.5. The zero-order chi connectivity index (χ0) is 17.5. The van der Waals surface area contributed by atoms with E-state index in [4.69, 9.17) is 16.3 Å². The fourth-order valence-electron chi connectivity index (χ4n) is 2.06. The van der Waals surface area contributed by atoms with Crippen LogP contribution in [0, 0.1) is 0 Å². The molecule has 1 aromatic heterocycles. The molecule has 2 amide bonds. The van der Waals surface area contributed by atoms with Gasteiger partial charge in [-0.25, -0.2) is 4.79 Å². The van der Waals surface area contributed by atoms with Gasteiger partial charge in [-0.15, -0.1) is 0 Å². The van der Waals surface area contributed by atoms with Crippen LogP contribution in [-0.2, 0) is 6.54 Å². The van der Waals surface area contributed by atoms with Gasteiger partial charge in [-0.1, -0.05) is 17.7 Å². The van der Waals surface area contributed by atoms with Crippen LogP contribution < -0.4 is 20.9 Å². The Morgan fingerprint density at radius 2 is 2.17 bits per heavy atom. The summed E-state index contributed by atoms with van der Waals surface area (Å²) in [5, 5.41) is 15.5. The van der Waals surface area contributed by atoms with E-state index < -0.39 is 12.1 Å². The number of methoxy groups -OCH3 is 1. The summed E-state index contributed by atoms with van der Waals surface area (Å²) < 4.78 is 6.50. The summed E-state index contributed by atoms with van der Waals surface area (Å²) >= 11 is 5.89. The molecule has 0 bridgehead atoms. The number of amides is 2. The lowest BCUT2D eigenvalue weighted by molar-refractivity contribution is 0.151. The number of pyridine rings is 1. The van der Waals surface area contributed by atoms with E-state index in [1.807, 2.05) is 0 Å². The van der Waals surface area contributed by atoms with Crippen molar-refractivity contribution >= 4 is 23.3 Å². The summed E-state index contributed by atoms with van der Waals surface area (Å²) in [5.41, 5.74) is 0.195. The van der Waals surface area contributed by atoms with E-state index in [0.717, 1.165) is 0 Å². The Kier molecular flexibility index (Phi) is 6.22. The number of carbonyl (C=O) groups excluding carboxylic acids is 1. The van der Waals surface area contributed by atoms with Gasteiger partial charge in [-0.2, -0.15) is 0 Å². The number of anilines is 1. The van der Waals surface area contributed by atoms with Gasteiger partial charge in [0.2, 0.25) is 0 Å². The molecule has 0 aliphatic rings. The minimum absolute atomic E-state index is 0.0178. The van der Waals surface area contributed by atoms with Gasteiger partial charge in [0.25, 0.3) is 5.56 Å². The molecule has 0 fully saturated rings. The third-order valence-electron chi connectivity index (χ3n) is 3.21. The van der Waals surface area contributed by atoms with Crippen molar-refractivity contribution in [2.75, 3.05) is 19.0 Å². The molecular formula is C16H18ClN3O4. The molecule has 2 aromatic rings. The van der Waals surface area contributed by atoms with Crippen LogP contribution in [-0.4, -0.2) is 35.5 Å². The number of hydrogen-bond acceptors (Lipinski definition) is 4. The van der Waals surface area contributed by atoms with E-state index in [1.54, 1.807) is 36.5 Å². The Morgan fingerprint density at radius 1 is 1.38 bits per heavy atom. The predicted molar refractivity (Wildman–Crippen MR) is 91.7 cm³/mol. The average molecular weight is 352 g/mol. The second-order valence-electron chi connectivity index (χ2n) is 5.02. The molecule has 24 heavy (non-hydrogen) atoms. The fraction of sp³-hybridized carbons (Fsp3) is 0.250. The molecule has 1 unspecified atom stereocenters. The normalized spacial score (nSPS) is 11.6. The van der Waals surface area contributed by atoms with E-state index in [-0.39, 0.29) is 18.6 Å². The fourth-order valence-corrected chi connectivity index (χ4v) is 2.23. The Morgan fingerprint density at radius 3 is 2.88 bits per heavy atom. The number of carbonyl (C=O) groups is 1. The predicted octanol–water partition coefficient (Wildman–Crippen LogP) is 1.69. The lowest BCUT2D eigenvalue weighted by Crippen LogP contribution is -2.38. The molecule has 0 radical (unpaired) electrons. The molecule has 1 atom stereocenters. The smallest absolute Gasteiger partial charge is 0.319 e. The quantitative estimate of drug-likeness (QED) is 0.738. The van der Waals surface area contributed by atoms with Crippen LogP contribution in [0.1, 0.15) is 0 Å². The summed E-state index contributed by atoms with van der Waals surface area (Å²) in [6, 6.07) is 9.03. The average Bonchev–Trinajstić information content (AvgIpc) is 2.55. The lowest BCUT2D eigenvalue weighted by Gasteiger charge is -2.15. The van der Waals surface area contributed by atoms with Crippen LogP contribution in [0.2, 0.25) is 5.02 Å². The minimum Gasteiger partial charge on any atom is -0.495 e. The number of benzene rings is 1. The van der Waals surface area contributed by atoms with Crippen LogP contribution in [0.15, 0.2) is 47.4 Å². The second kappa shape index (κ2) is 8.37. The lowest BCUT2D eigenvalue weighted by atomic mass is 10.3. The monoisotopic (exact) mass is 351 g/mol. The number of urea groups is 1. The first kappa shape index (κ1) is 17.8. The van der Waals surface area contributed by atoms with Gasteiger partial charge in [0, 0.05) is 23.8 Å². The molecule has 1 heterocycles. The van der Waals surface area contributed by atoms with Crippen LogP contribution >= 0.6 is 11.6 Å². The molecule has 0 saturated carbocycles. The number of rotatable bonds is 6. The molecule has 0 aliphatic heterocycles. The van der Waals surface area contributed by atoms with Gasteiger partial charge in [-0.3, -0.25) is 4.79 Å². The number of halogens is 1. The highest BCUT2D eigenvalue weighted by Crippen LogP contribution is 2.27. The third kappa shape index (κ3) is 5.00. The maximum Gasteiger partial charge on any atom is 0.319 e. The van der Waals surface area contributed by atoms with Crippen LogP contribution in [0.3, 0.4) is 0 Å². The van der Waals surface area contributed by atoms with Crippen molar-refractivity contribution in [1.29, 1.82) is 0 Å². The van der Waals surface area contributed by atoms with Crippen molar-refractivity contribution in [2.45, 2.75) is 12.6 Å². The van der Waals surface area contributed by atoms with Crippen LogP contribution in [0.4, 0.5) is 10.5 Å². The minimum atomic E-state index is -0.905. The summed E-state index contributed by atoms with van der Waals surface area (Å²) in [6.07, 6.45) is 0.666. The van der Waals surface area contributed by atoms with Gasteiger partial charge in [-0.05, 0) is 24.3 Å². The molecule has 128 valence electrons. The van der Waals surface area contributed by atoms with Gasteiger partial charge in [0.15, 0.2) is 0 Å². The molecule has 7 nitrogen and oxygen atoms in total. The largest absolute Gasteiger partial charge is 0.495 e. The first-order valence-electron chi connectivity index (χ1n) is 7.21. The number of aliphatic hydroxyl groups is 1. The van der Waals surface area contributed by atoms with Crippen molar-refractivity contribution < 1.29 is 14.6 Å². The number of aromatic nitrogens is 1.